The molecular weight excluding hydrogens is 484 g/mol. The Bertz CT molecular complexity index is 1180. The molecule has 0 aliphatic carbocycles. The first-order valence-corrected chi connectivity index (χ1v) is 13.1. The lowest BCUT2D eigenvalue weighted by Crippen LogP contribution is -2.38. The van der Waals surface area contributed by atoms with Gasteiger partial charge in [-0.2, -0.15) is 0 Å². The molecule has 1 amide bonds. The second-order valence-electron chi connectivity index (χ2n) is 9.38. The minimum Gasteiger partial charge on any atom is -0.507 e. The highest BCUT2D eigenvalue weighted by Crippen LogP contribution is 2.40. The van der Waals surface area contributed by atoms with Crippen molar-refractivity contribution in [2.45, 2.75) is 26.3 Å². The minimum atomic E-state index is -0.708. The zero-order valence-corrected chi connectivity index (χ0v) is 22.2. The van der Waals surface area contributed by atoms with E-state index in [-0.39, 0.29) is 11.3 Å². The summed E-state index contributed by atoms with van der Waals surface area (Å²) in [6, 6.07) is 11.8. The van der Waals surface area contributed by atoms with Crippen molar-refractivity contribution in [1.29, 1.82) is 0 Å². The Morgan fingerprint density at radius 3 is 2.50 bits per heavy atom. The van der Waals surface area contributed by atoms with Gasteiger partial charge in [-0.05, 0) is 61.7 Å². The van der Waals surface area contributed by atoms with Gasteiger partial charge in [0.15, 0.2) is 0 Å². The van der Waals surface area contributed by atoms with Gasteiger partial charge in [-0.3, -0.25) is 14.5 Å². The fourth-order valence-electron chi connectivity index (χ4n) is 4.92. The van der Waals surface area contributed by atoms with E-state index in [1.807, 2.05) is 26.0 Å². The second-order valence-corrected chi connectivity index (χ2v) is 9.38. The Morgan fingerprint density at radius 2 is 1.84 bits per heavy atom. The summed E-state index contributed by atoms with van der Waals surface area (Å²) in [6.45, 7) is 12.6. The number of carbonyl (C=O) groups is 2. The fourth-order valence-corrected chi connectivity index (χ4v) is 4.92. The lowest BCUT2D eigenvalue weighted by atomic mass is 9.94. The molecule has 8 nitrogen and oxygen atoms in total. The number of rotatable bonds is 11. The standard InChI is InChI=1S/C30H36N2O6/c1-4-17-38-24-10-7-22(8-11-24)27-26(28(33)23-9-12-25(37-5-2)21(3)20-23)29(34)30(35)32(27)14-6-13-31-15-18-36-19-16-31/h4,7-12,20,27,33H,1,5-6,13-19H2,2-3H3/t27-/m0/s1. The molecule has 0 saturated carbocycles. The second kappa shape index (κ2) is 12.8. The number of ether oxygens (including phenoxy) is 3. The molecule has 2 heterocycles. The number of benzene rings is 2. The molecule has 2 fully saturated rings. The van der Waals surface area contributed by atoms with E-state index in [4.69, 9.17) is 14.2 Å². The molecule has 202 valence electrons. The molecule has 2 saturated heterocycles. The topological polar surface area (TPSA) is 88.5 Å². The van der Waals surface area contributed by atoms with Crippen LogP contribution in [0.4, 0.5) is 0 Å². The Labute approximate surface area is 224 Å². The summed E-state index contributed by atoms with van der Waals surface area (Å²) < 4.78 is 16.6. The van der Waals surface area contributed by atoms with Gasteiger partial charge in [-0.25, -0.2) is 0 Å². The summed E-state index contributed by atoms with van der Waals surface area (Å²) in [6.07, 6.45) is 2.36. The number of hydrogen-bond donors (Lipinski definition) is 1. The molecule has 1 N–H and O–H groups in total. The normalized spacial score (nSPS) is 19.5. The molecular formula is C30H36N2O6. The molecule has 2 aliphatic rings. The van der Waals surface area contributed by atoms with Crippen LogP contribution in [0.2, 0.25) is 0 Å². The fraction of sp³-hybridized carbons (Fsp3) is 0.400. The van der Waals surface area contributed by atoms with Gasteiger partial charge in [0.1, 0.15) is 23.9 Å². The SMILES string of the molecule is C=CCOc1ccc([C@H]2C(=C(O)c3ccc(OCC)c(C)c3)C(=O)C(=O)N2CCCN2CCOCC2)cc1. The van der Waals surface area contributed by atoms with Crippen LogP contribution in [-0.2, 0) is 14.3 Å². The van der Waals surface area contributed by atoms with Gasteiger partial charge < -0.3 is 24.2 Å². The van der Waals surface area contributed by atoms with Crippen molar-refractivity contribution < 1.29 is 28.9 Å². The maximum absolute atomic E-state index is 13.3. The highest BCUT2D eigenvalue weighted by atomic mass is 16.5. The van der Waals surface area contributed by atoms with Crippen LogP contribution in [-0.4, -0.2) is 79.2 Å². The van der Waals surface area contributed by atoms with Crippen LogP contribution in [0.5, 0.6) is 11.5 Å². The van der Waals surface area contributed by atoms with Crippen LogP contribution in [0.1, 0.15) is 36.1 Å². The number of ketones is 1. The van der Waals surface area contributed by atoms with E-state index in [0.29, 0.717) is 56.5 Å². The first-order chi connectivity index (χ1) is 18.4. The number of likely N-dealkylation sites (tertiary alicyclic amines) is 1. The third kappa shape index (κ3) is 6.09. The molecule has 38 heavy (non-hydrogen) atoms. The van der Waals surface area contributed by atoms with Crippen molar-refractivity contribution in [3.05, 3.63) is 77.4 Å². The average molecular weight is 521 g/mol. The maximum atomic E-state index is 13.3. The van der Waals surface area contributed by atoms with Crippen molar-refractivity contribution in [2.24, 2.45) is 0 Å². The van der Waals surface area contributed by atoms with Crippen molar-refractivity contribution in [3.8, 4) is 11.5 Å². The Morgan fingerprint density at radius 1 is 1.11 bits per heavy atom. The number of Topliss-reactive ketones (excluding diaryl/α,β-unsaturated/α-hetero) is 1. The Balaban J connectivity index is 1.67. The monoisotopic (exact) mass is 520 g/mol. The highest BCUT2D eigenvalue weighted by molar-refractivity contribution is 6.46. The van der Waals surface area contributed by atoms with Crippen LogP contribution in [0.15, 0.2) is 60.7 Å². The Hall–Kier alpha value is -3.62. The number of aliphatic hydroxyl groups is 1. The maximum Gasteiger partial charge on any atom is 0.295 e. The van der Waals surface area contributed by atoms with Crippen molar-refractivity contribution in [3.63, 3.8) is 0 Å². The van der Waals surface area contributed by atoms with E-state index < -0.39 is 17.7 Å². The van der Waals surface area contributed by atoms with Crippen molar-refractivity contribution in [1.82, 2.24) is 9.80 Å². The summed E-state index contributed by atoms with van der Waals surface area (Å²) in [7, 11) is 0. The van der Waals surface area contributed by atoms with Gasteiger partial charge in [0.25, 0.3) is 11.7 Å². The van der Waals surface area contributed by atoms with Crippen LogP contribution in [0.25, 0.3) is 5.76 Å². The smallest absolute Gasteiger partial charge is 0.295 e. The first kappa shape index (κ1) is 27.4. The number of carbonyl (C=O) groups excluding carboxylic acids is 2. The molecule has 0 bridgehead atoms. The summed E-state index contributed by atoms with van der Waals surface area (Å²) in [5, 5.41) is 11.4. The summed E-state index contributed by atoms with van der Waals surface area (Å²) in [5.74, 6) is -0.118. The number of hydrogen-bond acceptors (Lipinski definition) is 7. The number of nitrogens with zero attached hydrogens (tertiary/aromatic N) is 2. The molecule has 4 rings (SSSR count). The molecule has 2 aromatic carbocycles. The molecule has 0 radical (unpaired) electrons. The largest absolute Gasteiger partial charge is 0.507 e. The number of amides is 1. The molecule has 8 heteroatoms. The summed E-state index contributed by atoms with van der Waals surface area (Å²) in [5.41, 5.74) is 2.11. The third-order valence-corrected chi connectivity index (χ3v) is 6.83. The number of morpholine rings is 1. The van der Waals surface area contributed by atoms with E-state index in [9.17, 15) is 14.7 Å². The first-order valence-electron chi connectivity index (χ1n) is 13.1. The van der Waals surface area contributed by atoms with Gasteiger partial charge in [-0.1, -0.05) is 24.8 Å². The van der Waals surface area contributed by atoms with E-state index >= 15 is 0 Å². The average Bonchev–Trinajstić information content (AvgIpc) is 3.18. The minimum absolute atomic E-state index is 0.0877. The zero-order chi connectivity index (χ0) is 27.1. The zero-order valence-electron chi connectivity index (χ0n) is 22.2. The van der Waals surface area contributed by atoms with Crippen LogP contribution < -0.4 is 9.47 Å². The third-order valence-electron chi connectivity index (χ3n) is 6.83. The van der Waals surface area contributed by atoms with Crippen LogP contribution in [0, 0.1) is 6.92 Å². The highest BCUT2D eigenvalue weighted by Gasteiger charge is 2.45. The Kier molecular flexibility index (Phi) is 9.20. The molecule has 0 unspecified atom stereocenters. The van der Waals surface area contributed by atoms with Gasteiger partial charge in [0.05, 0.1) is 31.4 Å². The van der Waals surface area contributed by atoms with Crippen molar-refractivity contribution >= 4 is 17.4 Å². The quantitative estimate of drug-likeness (QED) is 0.207. The van der Waals surface area contributed by atoms with Gasteiger partial charge in [-0.15, -0.1) is 0 Å². The van der Waals surface area contributed by atoms with E-state index in [1.54, 1.807) is 41.3 Å². The molecule has 2 aromatic rings. The number of aliphatic hydroxyl groups excluding tert-OH is 1. The summed E-state index contributed by atoms with van der Waals surface area (Å²) in [4.78, 5) is 30.5. The van der Waals surface area contributed by atoms with E-state index in [0.717, 1.165) is 30.8 Å². The predicted molar refractivity (Wildman–Crippen MR) is 145 cm³/mol. The van der Waals surface area contributed by atoms with Crippen LogP contribution >= 0.6 is 0 Å². The molecule has 2 aliphatic heterocycles. The molecule has 0 aromatic heterocycles. The lowest BCUT2D eigenvalue weighted by Gasteiger charge is -2.29. The molecule has 0 spiro atoms. The van der Waals surface area contributed by atoms with Gasteiger partial charge >= 0.3 is 0 Å². The van der Waals surface area contributed by atoms with E-state index in [2.05, 4.69) is 11.5 Å². The lowest BCUT2D eigenvalue weighted by molar-refractivity contribution is -0.140. The van der Waals surface area contributed by atoms with Gasteiger partial charge in [0.2, 0.25) is 0 Å². The van der Waals surface area contributed by atoms with Crippen LogP contribution in [0.3, 0.4) is 0 Å². The number of aryl methyl sites for hydroxylation is 1. The van der Waals surface area contributed by atoms with Gasteiger partial charge in [0, 0.05) is 31.7 Å². The summed E-state index contributed by atoms with van der Waals surface area (Å²) >= 11 is 0. The van der Waals surface area contributed by atoms with E-state index in [1.165, 1.54) is 0 Å². The predicted octanol–water partition coefficient (Wildman–Crippen LogP) is 4.10. The molecule has 1 atom stereocenters. The van der Waals surface area contributed by atoms with Crippen molar-refractivity contribution in [2.75, 3.05) is 52.6 Å².